The first-order valence-corrected chi connectivity index (χ1v) is 13.4. The van der Waals surface area contributed by atoms with E-state index < -0.39 is 26.0 Å². The van der Waals surface area contributed by atoms with Gasteiger partial charge in [0.05, 0.1) is 15.7 Å². The second kappa shape index (κ2) is 10.1. The number of hydrogen-bond acceptors (Lipinski definition) is 5. The van der Waals surface area contributed by atoms with Crippen LogP contribution in [-0.2, 0) is 24.8 Å². The van der Waals surface area contributed by atoms with E-state index in [2.05, 4.69) is 10.0 Å². The maximum atomic E-state index is 12.9. The van der Waals surface area contributed by atoms with E-state index in [4.69, 9.17) is 0 Å². The van der Waals surface area contributed by atoms with E-state index in [9.17, 15) is 21.6 Å². The lowest BCUT2D eigenvalue weighted by Crippen LogP contribution is -2.46. The molecule has 174 valence electrons. The van der Waals surface area contributed by atoms with Gasteiger partial charge >= 0.3 is 0 Å². The van der Waals surface area contributed by atoms with Crippen LogP contribution in [0.5, 0.6) is 0 Å². The number of rotatable bonds is 8. The standard InChI is InChI=1S/C22H29N3O5S2/c1-17-5-9-20(10-6-17)31(27,28)24-14-13-23-22(26)19-4-3-15-25(16-19)32(29,30)21-11-7-18(2)8-12-21/h5-12,19,24H,3-4,13-16H2,1-2H3,(H,23,26). The van der Waals surface area contributed by atoms with Crippen molar-refractivity contribution < 1.29 is 21.6 Å². The third kappa shape index (κ3) is 5.94. The number of carbonyl (C=O) groups is 1. The van der Waals surface area contributed by atoms with Gasteiger partial charge in [0.15, 0.2) is 0 Å². The fourth-order valence-corrected chi connectivity index (χ4v) is 6.11. The Morgan fingerprint density at radius 1 is 0.906 bits per heavy atom. The van der Waals surface area contributed by atoms with Gasteiger partial charge in [0, 0.05) is 26.2 Å². The molecule has 1 atom stereocenters. The smallest absolute Gasteiger partial charge is 0.243 e. The largest absolute Gasteiger partial charge is 0.355 e. The molecule has 0 bridgehead atoms. The van der Waals surface area contributed by atoms with Crippen LogP contribution in [0.15, 0.2) is 58.3 Å². The average molecular weight is 480 g/mol. The third-order valence-corrected chi connectivity index (χ3v) is 8.82. The normalized spacial score (nSPS) is 17.8. The van der Waals surface area contributed by atoms with E-state index >= 15 is 0 Å². The zero-order valence-corrected chi connectivity index (χ0v) is 19.9. The topological polar surface area (TPSA) is 113 Å². The number of amides is 1. The lowest BCUT2D eigenvalue weighted by Gasteiger charge is -2.31. The van der Waals surface area contributed by atoms with Crippen LogP contribution >= 0.6 is 0 Å². The third-order valence-electron chi connectivity index (χ3n) is 5.46. The predicted molar refractivity (Wildman–Crippen MR) is 122 cm³/mol. The van der Waals surface area contributed by atoms with E-state index in [1.165, 1.54) is 16.4 Å². The Hall–Kier alpha value is -2.27. The lowest BCUT2D eigenvalue weighted by molar-refractivity contribution is -0.126. The minimum atomic E-state index is -3.66. The van der Waals surface area contributed by atoms with Crippen molar-refractivity contribution in [2.75, 3.05) is 26.2 Å². The summed E-state index contributed by atoms with van der Waals surface area (Å²) in [6.45, 7) is 4.40. The highest BCUT2D eigenvalue weighted by atomic mass is 32.2. The van der Waals surface area contributed by atoms with Crippen LogP contribution in [0, 0.1) is 19.8 Å². The molecule has 2 aromatic rings. The van der Waals surface area contributed by atoms with Gasteiger partial charge in [-0.1, -0.05) is 35.4 Å². The highest BCUT2D eigenvalue weighted by molar-refractivity contribution is 7.89. The van der Waals surface area contributed by atoms with Gasteiger partial charge in [-0.25, -0.2) is 21.6 Å². The van der Waals surface area contributed by atoms with E-state index in [-0.39, 0.29) is 35.3 Å². The molecule has 1 saturated heterocycles. The summed E-state index contributed by atoms with van der Waals surface area (Å²) in [5.41, 5.74) is 1.93. The molecule has 1 fully saturated rings. The van der Waals surface area contributed by atoms with Crippen LogP contribution in [0.25, 0.3) is 0 Å². The highest BCUT2D eigenvalue weighted by Crippen LogP contribution is 2.24. The van der Waals surface area contributed by atoms with Crippen molar-refractivity contribution in [3.63, 3.8) is 0 Å². The molecule has 1 unspecified atom stereocenters. The van der Waals surface area contributed by atoms with Crippen LogP contribution in [-0.4, -0.2) is 53.2 Å². The van der Waals surface area contributed by atoms with Crippen LogP contribution in [0.2, 0.25) is 0 Å². The van der Waals surface area contributed by atoms with Crippen molar-refractivity contribution in [2.45, 2.75) is 36.5 Å². The highest BCUT2D eigenvalue weighted by Gasteiger charge is 2.33. The van der Waals surface area contributed by atoms with Crippen LogP contribution in [0.1, 0.15) is 24.0 Å². The van der Waals surface area contributed by atoms with Gasteiger partial charge < -0.3 is 5.32 Å². The molecule has 0 saturated carbocycles. The van der Waals surface area contributed by atoms with Crippen LogP contribution in [0.4, 0.5) is 0 Å². The summed E-state index contributed by atoms with van der Waals surface area (Å²) in [5, 5.41) is 2.72. The second-order valence-electron chi connectivity index (χ2n) is 8.02. The Morgan fingerprint density at radius 2 is 1.47 bits per heavy atom. The SMILES string of the molecule is Cc1ccc(S(=O)(=O)NCCNC(=O)C2CCCN(S(=O)(=O)c3ccc(C)cc3)C2)cc1. The quantitative estimate of drug-likeness (QED) is 0.561. The van der Waals surface area contributed by atoms with Crippen molar-refractivity contribution in [3.8, 4) is 0 Å². The number of benzene rings is 2. The van der Waals surface area contributed by atoms with Crippen molar-refractivity contribution in [2.24, 2.45) is 5.92 Å². The van der Waals surface area contributed by atoms with Gasteiger partial charge in [-0.05, 0) is 51.0 Å². The van der Waals surface area contributed by atoms with Crippen molar-refractivity contribution in [1.29, 1.82) is 0 Å². The van der Waals surface area contributed by atoms with Gasteiger partial charge in [0.25, 0.3) is 0 Å². The molecule has 0 aromatic heterocycles. The van der Waals surface area contributed by atoms with E-state index in [1.54, 1.807) is 36.4 Å². The molecule has 1 heterocycles. The van der Waals surface area contributed by atoms with E-state index in [0.717, 1.165) is 11.1 Å². The van der Waals surface area contributed by atoms with Gasteiger partial charge in [-0.3, -0.25) is 4.79 Å². The maximum absolute atomic E-state index is 12.9. The molecule has 32 heavy (non-hydrogen) atoms. The zero-order chi connectivity index (χ0) is 23.4. The number of hydrogen-bond donors (Lipinski definition) is 2. The fraction of sp³-hybridized carbons (Fsp3) is 0.409. The molecule has 10 heteroatoms. The molecule has 0 radical (unpaired) electrons. The molecular weight excluding hydrogens is 450 g/mol. The zero-order valence-electron chi connectivity index (χ0n) is 18.2. The maximum Gasteiger partial charge on any atom is 0.243 e. The van der Waals surface area contributed by atoms with Gasteiger partial charge in [-0.2, -0.15) is 4.31 Å². The monoisotopic (exact) mass is 479 g/mol. The molecule has 8 nitrogen and oxygen atoms in total. The first-order valence-electron chi connectivity index (χ1n) is 10.5. The van der Waals surface area contributed by atoms with Crippen molar-refractivity contribution >= 4 is 26.0 Å². The summed E-state index contributed by atoms with van der Waals surface area (Å²) < 4.78 is 54.2. The number of aryl methyl sites for hydroxylation is 2. The molecule has 3 rings (SSSR count). The summed E-state index contributed by atoms with van der Waals surface area (Å²) in [5.74, 6) is -0.749. The predicted octanol–water partition coefficient (Wildman–Crippen LogP) is 1.80. The Bertz CT molecular complexity index is 1150. The number of nitrogens with zero attached hydrogens (tertiary/aromatic N) is 1. The number of carbonyl (C=O) groups excluding carboxylic acids is 1. The first-order chi connectivity index (χ1) is 15.1. The van der Waals surface area contributed by atoms with Crippen molar-refractivity contribution in [3.05, 3.63) is 59.7 Å². The summed E-state index contributed by atoms with van der Waals surface area (Å²) in [4.78, 5) is 13.0. The molecule has 1 aliphatic heterocycles. The van der Waals surface area contributed by atoms with Gasteiger partial charge in [-0.15, -0.1) is 0 Å². The Labute approximate surface area is 190 Å². The lowest BCUT2D eigenvalue weighted by atomic mass is 9.99. The number of piperidine rings is 1. The molecule has 2 N–H and O–H groups in total. The number of sulfonamides is 2. The van der Waals surface area contributed by atoms with Crippen LogP contribution in [0.3, 0.4) is 0 Å². The number of nitrogens with one attached hydrogen (secondary N) is 2. The Balaban J connectivity index is 1.52. The molecule has 1 aliphatic rings. The molecule has 0 spiro atoms. The van der Waals surface area contributed by atoms with Crippen molar-refractivity contribution in [1.82, 2.24) is 14.3 Å². The summed E-state index contributed by atoms with van der Waals surface area (Å²) >= 11 is 0. The van der Waals surface area contributed by atoms with E-state index in [0.29, 0.717) is 19.4 Å². The van der Waals surface area contributed by atoms with E-state index in [1.807, 2.05) is 13.8 Å². The average Bonchev–Trinajstić information content (AvgIpc) is 2.77. The summed E-state index contributed by atoms with van der Waals surface area (Å²) in [6.07, 6.45) is 1.17. The molecule has 2 aromatic carbocycles. The van der Waals surface area contributed by atoms with Gasteiger partial charge in [0.1, 0.15) is 0 Å². The molecule has 1 amide bonds. The first kappa shape index (κ1) is 24.4. The Kier molecular flexibility index (Phi) is 7.71. The minimum absolute atomic E-state index is 0.0417. The molecular formula is C22H29N3O5S2. The minimum Gasteiger partial charge on any atom is -0.355 e. The molecule has 0 aliphatic carbocycles. The van der Waals surface area contributed by atoms with Gasteiger partial charge in [0.2, 0.25) is 26.0 Å². The Morgan fingerprint density at radius 3 is 2.06 bits per heavy atom. The summed E-state index contributed by atoms with van der Waals surface area (Å²) in [6, 6.07) is 13.1. The second-order valence-corrected chi connectivity index (χ2v) is 11.7. The van der Waals surface area contributed by atoms with Crippen LogP contribution < -0.4 is 10.0 Å². The fourth-order valence-electron chi connectivity index (χ4n) is 3.55. The summed E-state index contributed by atoms with van der Waals surface area (Å²) in [7, 11) is -7.31.